The number of H-pyrrole nitrogens is 1. The Morgan fingerprint density at radius 2 is 2.50 bits per heavy atom. The van der Waals surface area contributed by atoms with E-state index in [2.05, 4.69) is 20.5 Å². The fraction of sp³-hybridized carbons (Fsp3) is 0.667. The molecule has 0 spiro atoms. The second-order valence-corrected chi connectivity index (χ2v) is 4.61. The van der Waals surface area contributed by atoms with Crippen LogP contribution in [0.15, 0.2) is 11.5 Å². The van der Waals surface area contributed by atoms with Crippen molar-refractivity contribution in [2.75, 3.05) is 12.3 Å². The number of aromatic amines is 1. The lowest BCUT2D eigenvalue weighted by atomic mass is 10.1. The first-order chi connectivity index (χ1) is 7.58. The zero-order valence-corrected chi connectivity index (χ0v) is 10.2. The number of nitrogens with zero attached hydrogens (tertiary/aromatic N) is 2. The molecule has 1 rings (SSSR count). The highest BCUT2D eigenvalue weighted by Crippen LogP contribution is 2.18. The van der Waals surface area contributed by atoms with Gasteiger partial charge in [-0.1, -0.05) is 18.7 Å². The lowest BCUT2D eigenvalue weighted by molar-refractivity contribution is -0.143. The topological polar surface area (TPSA) is 90.9 Å². The van der Waals surface area contributed by atoms with Crippen LogP contribution in [-0.4, -0.2) is 44.1 Å². The molecule has 0 aromatic carbocycles. The maximum absolute atomic E-state index is 11.2. The quantitative estimate of drug-likeness (QED) is 0.613. The molecule has 1 atom stereocenters. The van der Waals surface area contributed by atoms with Gasteiger partial charge in [0.25, 0.3) is 0 Å². The summed E-state index contributed by atoms with van der Waals surface area (Å²) in [7, 11) is 0. The Labute approximate surface area is 98.2 Å². The van der Waals surface area contributed by atoms with Gasteiger partial charge in [0.15, 0.2) is 5.16 Å². The lowest BCUT2D eigenvalue weighted by Crippen LogP contribution is -2.51. The molecule has 0 saturated carbocycles. The molecule has 0 amide bonds. The summed E-state index contributed by atoms with van der Waals surface area (Å²) in [4.78, 5) is 15.1. The van der Waals surface area contributed by atoms with Crippen LogP contribution in [0.25, 0.3) is 0 Å². The summed E-state index contributed by atoms with van der Waals surface area (Å²) in [6.45, 7) is 4.35. The minimum Gasteiger partial charge on any atom is -0.480 e. The van der Waals surface area contributed by atoms with Crippen molar-refractivity contribution in [3.8, 4) is 0 Å². The molecular formula is C9H16N4O2S. The van der Waals surface area contributed by atoms with Gasteiger partial charge in [0.05, 0.1) is 0 Å². The number of carboxylic acid groups (broad SMARTS) is 1. The van der Waals surface area contributed by atoms with Crippen LogP contribution < -0.4 is 5.32 Å². The Morgan fingerprint density at radius 3 is 3.00 bits per heavy atom. The van der Waals surface area contributed by atoms with Crippen LogP contribution in [-0.2, 0) is 4.79 Å². The molecule has 0 fully saturated rings. The fourth-order valence-corrected chi connectivity index (χ4v) is 1.96. The maximum Gasteiger partial charge on any atom is 0.324 e. The first-order valence-corrected chi connectivity index (χ1v) is 6.03. The van der Waals surface area contributed by atoms with Crippen LogP contribution in [0.3, 0.4) is 0 Å². The van der Waals surface area contributed by atoms with Crippen LogP contribution in [0.2, 0.25) is 0 Å². The molecule has 6 nitrogen and oxygen atoms in total. The third kappa shape index (κ3) is 3.49. The molecule has 0 aliphatic carbocycles. The van der Waals surface area contributed by atoms with Crippen molar-refractivity contribution in [3.05, 3.63) is 6.33 Å². The van der Waals surface area contributed by atoms with Crippen molar-refractivity contribution in [3.63, 3.8) is 0 Å². The number of hydrogen-bond donors (Lipinski definition) is 3. The number of aromatic nitrogens is 3. The number of aliphatic carboxylic acids is 1. The van der Waals surface area contributed by atoms with E-state index >= 15 is 0 Å². The molecule has 3 N–H and O–H groups in total. The van der Waals surface area contributed by atoms with E-state index in [1.165, 1.54) is 18.1 Å². The Kier molecular flexibility index (Phi) is 4.75. The van der Waals surface area contributed by atoms with E-state index in [9.17, 15) is 4.79 Å². The zero-order valence-electron chi connectivity index (χ0n) is 9.36. The standard InChI is InChI=1S/C9H16N4O2S/c1-3-4-11-9(2,7(14)15)5-16-8-10-6-12-13-8/h6,11H,3-5H2,1-2H3,(H,14,15)(H,10,12,13). The second kappa shape index (κ2) is 5.86. The van der Waals surface area contributed by atoms with Gasteiger partial charge in [-0.2, -0.15) is 5.10 Å². The third-order valence-electron chi connectivity index (χ3n) is 2.13. The average Bonchev–Trinajstić information content (AvgIpc) is 2.76. The van der Waals surface area contributed by atoms with Gasteiger partial charge in [0.1, 0.15) is 11.9 Å². The predicted octanol–water partition coefficient (Wildman–Crippen LogP) is 0.740. The average molecular weight is 244 g/mol. The molecule has 0 radical (unpaired) electrons. The van der Waals surface area contributed by atoms with Gasteiger partial charge in [0, 0.05) is 5.75 Å². The van der Waals surface area contributed by atoms with Crippen LogP contribution in [0, 0.1) is 0 Å². The lowest BCUT2D eigenvalue weighted by Gasteiger charge is -2.25. The molecule has 0 aliphatic heterocycles. The van der Waals surface area contributed by atoms with Crippen LogP contribution in [0.5, 0.6) is 0 Å². The minimum atomic E-state index is -0.937. The van der Waals surface area contributed by atoms with E-state index in [0.717, 1.165) is 6.42 Å². The van der Waals surface area contributed by atoms with E-state index < -0.39 is 11.5 Å². The van der Waals surface area contributed by atoms with Crippen LogP contribution in [0.4, 0.5) is 0 Å². The molecule has 1 heterocycles. The SMILES string of the molecule is CCCNC(C)(CSc1ncn[nH]1)C(=O)O. The van der Waals surface area contributed by atoms with E-state index in [4.69, 9.17) is 5.11 Å². The Bertz CT molecular complexity index is 330. The summed E-state index contributed by atoms with van der Waals surface area (Å²) in [6.07, 6.45) is 2.30. The molecule has 1 aromatic heterocycles. The number of thioether (sulfide) groups is 1. The number of nitrogens with one attached hydrogen (secondary N) is 2. The Balaban J connectivity index is 2.53. The second-order valence-electron chi connectivity index (χ2n) is 3.64. The summed E-state index contributed by atoms with van der Waals surface area (Å²) in [5, 5.41) is 19.2. The molecule has 0 saturated heterocycles. The van der Waals surface area contributed by atoms with Gasteiger partial charge in [-0.3, -0.25) is 9.89 Å². The number of carboxylic acids is 1. The molecule has 1 aromatic rings. The molecular weight excluding hydrogens is 228 g/mol. The molecule has 16 heavy (non-hydrogen) atoms. The number of carbonyl (C=O) groups is 1. The molecule has 0 bridgehead atoms. The first-order valence-electron chi connectivity index (χ1n) is 5.05. The van der Waals surface area contributed by atoms with Gasteiger partial charge < -0.3 is 10.4 Å². The molecule has 1 unspecified atom stereocenters. The molecule has 0 aliphatic rings. The van der Waals surface area contributed by atoms with Gasteiger partial charge in [-0.05, 0) is 19.9 Å². The Morgan fingerprint density at radius 1 is 1.75 bits per heavy atom. The summed E-state index contributed by atoms with van der Waals surface area (Å²) >= 11 is 1.34. The van der Waals surface area contributed by atoms with Gasteiger partial charge in [0.2, 0.25) is 0 Å². The van der Waals surface area contributed by atoms with Crippen molar-refractivity contribution < 1.29 is 9.90 Å². The van der Waals surface area contributed by atoms with Crippen LogP contribution >= 0.6 is 11.8 Å². The van der Waals surface area contributed by atoms with E-state index in [1.807, 2.05) is 6.92 Å². The highest BCUT2D eigenvalue weighted by atomic mass is 32.2. The molecule has 90 valence electrons. The summed E-state index contributed by atoms with van der Waals surface area (Å²) in [5.74, 6) is -0.453. The van der Waals surface area contributed by atoms with Crippen molar-refractivity contribution in [2.24, 2.45) is 0 Å². The van der Waals surface area contributed by atoms with Crippen LogP contribution in [0.1, 0.15) is 20.3 Å². The number of rotatable bonds is 7. The third-order valence-corrected chi connectivity index (χ3v) is 3.32. The van der Waals surface area contributed by atoms with Gasteiger partial charge in [-0.15, -0.1) is 0 Å². The highest BCUT2D eigenvalue weighted by molar-refractivity contribution is 7.99. The monoisotopic (exact) mass is 244 g/mol. The van der Waals surface area contributed by atoms with Crippen molar-refractivity contribution in [1.82, 2.24) is 20.5 Å². The fourth-order valence-electron chi connectivity index (χ4n) is 1.07. The summed E-state index contributed by atoms with van der Waals surface area (Å²) in [6, 6.07) is 0. The van der Waals surface area contributed by atoms with E-state index in [0.29, 0.717) is 17.5 Å². The molecule has 7 heteroatoms. The predicted molar refractivity (Wildman–Crippen MR) is 61.4 cm³/mol. The van der Waals surface area contributed by atoms with Crippen molar-refractivity contribution >= 4 is 17.7 Å². The van der Waals surface area contributed by atoms with E-state index in [-0.39, 0.29) is 0 Å². The number of hydrogen-bond acceptors (Lipinski definition) is 5. The summed E-state index contributed by atoms with van der Waals surface area (Å²) < 4.78 is 0. The normalized spacial score (nSPS) is 14.6. The van der Waals surface area contributed by atoms with E-state index in [1.54, 1.807) is 6.92 Å². The van der Waals surface area contributed by atoms with Crippen molar-refractivity contribution in [1.29, 1.82) is 0 Å². The summed E-state index contributed by atoms with van der Waals surface area (Å²) in [5.41, 5.74) is -0.937. The largest absolute Gasteiger partial charge is 0.480 e. The van der Waals surface area contributed by atoms with Gasteiger partial charge >= 0.3 is 5.97 Å². The minimum absolute atomic E-state index is 0.400. The zero-order chi connectivity index (χ0) is 12.0. The smallest absolute Gasteiger partial charge is 0.324 e. The van der Waals surface area contributed by atoms with Crippen molar-refractivity contribution in [2.45, 2.75) is 31.0 Å². The highest BCUT2D eigenvalue weighted by Gasteiger charge is 2.32. The maximum atomic E-state index is 11.2. The Hall–Kier alpha value is -1.08. The van der Waals surface area contributed by atoms with Gasteiger partial charge in [-0.25, -0.2) is 4.98 Å². The first kappa shape index (κ1) is 13.0.